The molecule has 2 aliphatic heterocycles. The maximum absolute atomic E-state index is 13.6. The number of pyridine rings is 1. The fraction of sp³-hybridized carbons (Fsp3) is 0.654. The Balaban J connectivity index is 1.38. The second kappa shape index (κ2) is 10.8. The largest absolute Gasteiger partial charge is 0.444 e. The Hall–Kier alpha value is -3.17. The number of nitrogens with one attached hydrogen (secondary N) is 2. The Kier molecular flexibility index (Phi) is 7.80. The highest BCUT2D eigenvalue weighted by molar-refractivity contribution is 6.04. The average Bonchev–Trinajstić information content (AvgIpc) is 3.00. The summed E-state index contributed by atoms with van der Waals surface area (Å²) in [5, 5.41) is 5.51. The molecule has 1 unspecified atom stereocenters. The highest BCUT2D eigenvalue weighted by atomic mass is 16.6. The van der Waals surface area contributed by atoms with Crippen LogP contribution in [0.4, 0.5) is 4.79 Å². The Morgan fingerprint density at radius 3 is 2.61 bits per heavy atom. The lowest BCUT2D eigenvalue weighted by molar-refractivity contribution is -0.126. The van der Waals surface area contributed by atoms with E-state index in [1.807, 2.05) is 13.0 Å². The van der Waals surface area contributed by atoms with Crippen molar-refractivity contribution in [1.29, 1.82) is 0 Å². The zero-order valence-electron chi connectivity index (χ0n) is 21.9. The lowest BCUT2D eigenvalue weighted by atomic mass is 9.96. The summed E-state index contributed by atoms with van der Waals surface area (Å²) in [6, 6.07) is 1.82. The molecule has 0 aliphatic carbocycles. The summed E-state index contributed by atoms with van der Waals surface area (Å²) >= 11 is 0. The number of fused-ring (bicyclic) bond motifs is 3. The van der Waals surface area contributed by atoms with Crippen molar-refractivity contribution in [3.05, 3.63) is 23.1 Å². The molecule has 1 saturated heterocycles. The second-order valence-corrected chi connectivity index (χ2v) is 10.8. The minimum absolute atomic E-state index is 0.0946. The fourth-order valence-electron chi connectivity index (χ4n) is 4.93. The van der Waals surface area contributed by atoms with Crippen molar-refractivity contribution in [3.63, 3.8) is 0 Å². The van der Waals surface area contributed by atoms with Crippen LogP contribution in [0.5, 0.6) is 0 Å². The molecule has 0 saturated carbocycles. The van der Waals surface area contributed by atoms with Gasteiger partial charge in [-0.1, -0.05) is 6.42 Å². The molecule has 0 spiro atoms. The van der Waals surface area contributed by atoms with Crippen molar-refractivity contribution >= 4 is 29.1 Å². The molecule has 2 aromatic rings. The maximum Gasteiger partial charge on any atom is 0.407 e. The van der Waals surface area contributed by atoms with Gasteiger partial charge >= 0.3 is 6.09 Å². The molecule has 3 amide bonds. The summed E-state index contributed by atoms with van der Waals surface area (Å²) in [5.41, 5.74) is 2.25. The second-order valence-electron chi connectivity index (χ2n) is 10.8. The molecule has 0 radical (unpaired) electrons. The van der Waals surface area contributed by atoms with Crippen molar-refractivity contribution in [2.75, 3.05) is 26.2 Å². The van der Waals surface area contributed by atoms with E-state index in [0.717, 1.165) is 55.8 Å². The topological polar surface area (TPSA) is 118 Å². The average molecular weight is 499 g/mol. The van der Waals surface area contributed by atoms with E-state index < -0.39 is 11.7 Å². The van der Waals surface area contributed by atoms with Crippen LogP contribution in [0.15, 0.2) is 6.07 Å². The van der Waals surface area contributed by atoms with Gasteiger partial charge in [-0.3, -0.25) is 9.59 Å². The van der Waals surface area contributed by atoms with Crippen LogP contribution in [-0.2, 0) is 22.5 Å². The highest BCUT2D eigenvalue weighted by Crippen LogP contribution is 2.26. The molecular weight excluding hydrogens is 460 g/mol. The van der Waals surface area contributed by atoms with Crippen LogP contribution in [0.1, 0.15) is 74.8 Å². The van der Waals surface area contributed by atoms with E-state index in [-0.39, 0.29) is 24.3 Å². The predicted octanol–water partition coefficient (Wildman–Crippen LogP) is 2.96. The molecule has 1 fully saturated rings. The molecule has 0 aromatic carbocycles. The number of carbonyl (C=O) groups is 3. The molecule has 0 bridgehead atoms. The summed E-state index contributed by atoms with van der Waals surface area (Å²) in [4.78, 5) is 49.5. The van der Waals surface area contributed by atoms with Gasteiger partial charge in [0.1, 0.15) is 16.9 Å². The van der Waals surface area contributed by atoms with Crippen molar-refractivity contribution in [2.45, 2.75) is 78.4 Å². The van der Waals surface area contributed by atoms with Gasteiger partial charge in [0.05, 0.1) is 11.5 Å². The van der Waals surface area contributed by atoms with Crippen molar-refractivity contribution in [3.8, 4) is 0 Å². The lowest BCUT2D eigenvalue weighted by Crippen LogP contribution is -2.46. The molecule has 36 heavy (non-hydrogen) atoms. The number of piperidine rings is 1. The third-order valence-electron chi connectivity index (χ3n) is 6.59. The Labute approximate surface area is 212 Å². The first-order valence-corrected chi connectivity index (χ1v) is 13.0. The van der Waals surface area contributed by atoms with Crippen LogP contribution in [-0.4, -0.2) is 69.1 Å². The molecular formula is C26H38N6O4. The zero-order chi connectivity index (χ0) is 25.9. The Morgan fingerprint density at radius 2 is 1.83 bits per heavy atom. The third-order valence-corrected chi connectivity index (χ3v) is 6.59. The van der Waals surface area contributed by atoms with Gasteiger partial charge in [0.15, 0.2) is 5.65 Å². The Morgan fingerprint density at radius 1 is 1.06 bits per heavy atom. The molecule has 2 aromatic heterocycles. The van der Waals surface area contributed by atoms with Gasteiger partial charge < -0.3 is 24.8 Å². The number of likely N-dealkylation sites (tertiary alicyclic amines) is 1. The highest BCUT2D eigenvalue weighted by Gasteiger charge is 2.31. The van der Waals surface area contributed by atoms with Crippen LogP contribution in [0, 0.1) is 12.8 Å². The van der Waals surface area contributed by atoms with E-state index >= 15 is 0 Å². The number of rotatable bonds is 5. The van der Waals surface area contributed by atoms with Gasteiger partial charge in [0.2, 0.25) is 5.91 Å². The van der Waals surface area contributed by atoms with Crippen molar-refractivity contribution in [2.24, 2.45) is 5.92 Å². The standard InChI is InChI=1S/C26H38N6O4/c1-17-15-19(21-22(29-17)32-14-7-5-6-10-20(32)30-21)24(34)31-13-8-9-18(16-31)23(33)27-11-12-28-25(35)36-26(2,3)4/h15,18H,5-14,16H2,1-4H3,(H,27,33)(H,28,35). The summed E-state index contributed by atoms with van der Waals surface area (Å²) in [5.74, 6) is 0.512. The van der Waals surface area contributed by atoms with Crippen LogP contribution in [0.2, 0.25) is 0 Å². The number of nitrogens with zero attached hydrogens (tertiary/aromatic N) is 4. The first-order chi connectivity index (χ1) is 17.1. The normalized spacial score (nSPS) is 18.3. The molecule has 196 valence electrons. The summed E-state index contributed by atoms with van der Waals surface area (Å²) in [7, 11) is 0. The summed E-state index contributed by atoms with van der Waals surface area (Å²) in [6.45, 7) is 9.72. The minimum atomic E-state index is -0.570. The summed E-state index contributed by atoms with van der Waals surface area (Å²) in [6.07, 6.45) is 5.23. The van der Waals surface area contributed by atoms with Crippen LogP contribution >= 0.6 is 0 Å². The van der Waals surface area contributed by atoms with Crippen LogP contribution in [0.25, 0.3) is 11.2 Å². The van der Waals surface area contributed by atoms with Gasteiger partial charge in [0, 0.05) is 44.8 Å². The molecule has 4 rings (SSSR count). The third kappa shape index (κ3) is 6.14. The van der Waals surface area contributed by atoms with Gasteiger partial charge in [-0.2, -0.15) is 0 Å². The van der Waals surface area contributed by atoms with Gasteiger partial charge in [-0.25, -0.2) is 14.8 Å². The molecule has 2 N–H and O–H groups in total. The molecule has 1 atom stereocenters. The maximum atomic E-state index is 13.6. The number of amides is 3. The number of ether oxygens (including phenoxy) is 1. The summed E-state index contributed by atoms with van der Waals surface area (Å²) < 4.78 is 7.37. The lowest BCUT2D eigenvalue weighted by Gasteiger charge is -2.32. The molecule has 4 heterocycles. The molecule has 2 aliphatic rings. The van der Waals surface area contributed by atoms with E-state index in [9.17, 15) is 14.4 Å². The number of alkyl carbamates (subject to hydrolysis) is 1. The monoisotopic (exact) mass is 498 g/mol. The smallest absolute Gasteiger partial charge is 0.407 e. The molecule has 10 heteroatoms. The number of hydrogen-bond donors (Lipinski definition) is 2. The van der Waals surface area contributed by atoms with E-state index in [1.165, 1.54) is 6.42 Å². The van der Waals surface area contributed by atoms with Gasteiger partial charge in [-0.05, 0) is 59.4 Å². The minimum Gasteiger partial charge on any atom is -0.444 e. The number of carbonyl (C=O) groups excluding carboxylic acids is 3. The Bertz CT molecular complexity index is 1140. The first-order valence-electron chi connectivity index (χ1n) is 13.0. The van der Waals surface area contributed by atoms with Crippen LogP contribution < -0.4 is 10.6 Å². The van der Waals surface area contributed by atoms with E-state index in [0.29, 0.717) is 30.7 Å². The van der Waals surface area contributed by atoms with Crippen molar-refractivity contribution in [1.82, 2.24) is 30.1 Å². The van der Waals surface area contributed by atoms with Crippen molar-refractivity contribution < 1.29 is 19.1 Å². The van der Waals surface area contributed by atoms with E-state index in [2.05, 4.69) is 15.2 Å². The van der Waals surface area contributed by atoms with E-state index in [4.69, 9.17) is 14.7 Å². The SMILES string of the molecule is Cc1cc(C(=O)N2CCCC(C(=O)NCCNC(=O)OC(C)(C)C)C2)c2nc3n(c2n1)CCCCC3. The predicted molar refractivity (Wildman–Crippen MR) is 136 cm³/mol. The number of aromatic nitrogens is 3. The van der Waals surface area contributed by atoms with E-state index in [1.54, 1.807) is 25.7 Å². The van der Waals surface area contributed by atoms with Gasteiger partial charge in [-0.15, -0.1) is 0 Å². The van der Waals surface area contributed by atoms with Crippen LogP contribution in [0.3, 0.4) is 0 Å². The quantitative estimate of drug-likeness (QED) is 0.612. The number of imidazole rings is 1. The number of hydrogen-bond acceptors (Lipinski definition) is 6. The zero-order valence-corrected chi connectivity index (χ0v) is 21.9. The fourth-order valence-corrected chi connectivity index (χ4v) is 4.93. The number of aryl methyl sites for hydroxylation is 3. The first kappa shape index (κ1) is 25.9. The van der Waals surface area contributed by atoms with Gasteiger partial charge in [0.25, 0.3) is 5.91 Å². The molecule has 10 nitrogen and oxygen atoms in total.